The smallest absolute Gasteiger partial charge is 0.261 e. The van der Waals surface area contributed by atoms with Gasteiger partial charge in [0.15, 0.2) is 17.3 Å². The molecule has 0 bridgehead atoms. The molecule has 0 aliphatic carbocycles. The van der Waals surface area contributed by atoms with Crippen molar-refractivity contribution in [3.63, 3.8) is 0 Å². The zero-order valence-corrected chi connectivity index (χ0v) is 20.1. The number of benzene rings is 1. The van der Waals surface area contributed by atoms with Crippen molar-refractivity contribution in [2.24, 2.45) is 13.0 Å². The highest BCUT2D eigenvalue weighted by Gasteiger charge is 2.26. The summed E-state index contributed by atoms with van der Waals surface area (Å²) in [5.74, 6) is 2.24. The zero-order valence-electron chi connectivity index (χ0n) is 20.1. The summed E-state index contributed by atoms with van der Waals surface area (Å²) in [4.78, 5) is 33.2. The number of rotatable bonds is 7. The number of fused-ring (bicyclic) bond motifs is 2. The van der Waals surface area contributed by atoms with E-state index in [4.69, 9.17) is 14.5 Å². The van der Waals surface area contributed by atoms with Crippen LogP contribution in [0.5, 0.6) is 11.5 Å². The molecule has 11 nitrogen and oxygen atoms in total. The van der Waals surface area contributed by atoms with Crippen molar-refractivity contribution >= 4 is 27.8 Å². The van der Waals surface area contributed by atoms with Gasteiger partial charge in [-0.2, -0.15) is 5.10 Å². The van der Waals surface area contributed by atoms with E-state index >= 15 is 0 Å². The normalized spacial score (nSPS) is 12.4. The van der Waals surface area contributed by atoms with Crippen molar-refractivity contribution in [2.75, 3.05) is 19.5 Å². The Balaban J connectivity index is 1.74. The summed E-state index contributed by atoms with van der Waals surface area (Å²) in [7, 11) is 4.94. The quantitative estimate of drug-likeness (QED) is 0.326. The summed E-state index contributed by atoms with van der Waals surface area (Å²) < 4.78 is 12.5. The molecule has 4 aromatic heterocycles. The number of hydrogen-bond acceptors (Lipinski definition) is 8. The maximum atomic E-state index is 13.4. The van der Waals surface area contributed by atoms with Crippen LogP contribution in [0.3, 0.4) is 0 Å². The Morgan fingerprint density at radius 2 is 1.74 bits per heavy atom. The minimum atomic E-state index is -0.303. The van der Waals surface area contributed by atoms with Crippen molar-refractivity contribution in [3.8, 4) is 22.9 Å². The molecule has 0 fully saturated rings. The van der Waals surface area contributed by atoms with Gasteiger partial charge < -0.3 is 24.8 Å². The maximum Gasteiger partial charge on any atom is 0.261 e. The number of methoxy groups -OCH3 is 2. The van der Waals surface area contributed by atoms with Crippen molar-refractivity contribution in [1.82, 2.24) is 34.7 Å². The van der Waals surface area contributed by atoms with Crippen LogP contribution in [0.15, 0.2) is 41.6 Å². The standard InChI is InChI=1S/C24H26N8O3/c1-12(2)19(23-25-7-6-8-26-23)30-21-18(24(33)29-15-11-32(3)31-20(15)21)22-27-13-9-16(34-4)17(35-5)10-14(13)28-22/h6-12,19,30H,1-5H3,(H,27,28)(H,29,33)/t19-/m0/s1. The second-order valence-electron chi connectivity index (χ2n) is 8.55. The predicted octanol–water partition coefficient (Wildman–Crippen LogP) is 3.42. The lowest BCUT2D eigenvalue weighted by Gasteiger charge is -2.23. The van der Waals surface area contributed by atoms with Gasteiger partial charge in [-0.15, -0.1) is 0 Å². The van der Waals surface area contributed by atoms with Gasteiger partial charge in [0.25, 0.3) is 5.56 Å². The molecule has 11 heteroatoms. The number of anilines is 1. The number of ether oxygens (including phenoxy) is 2. The summed E-state index contributed by atoms with van der Waals surface area (Å²) in [6.45, 7) is 4.13. The molecule has 0 amide bonds. The van der Waals surface area contributed by atoms with E-state index in [0.717, 1.165) is 0 Å². The molecule has 3 N–H and O–H groups in total. The van der Waals surface area contributed by atoms with Crippen molar-refractivity contribution in [2.45, 2.75) is 19.9 Å². The molecule has 0 saturated heterocycles. The molecule has 0 aliphatic heterocycles. The number of hydrogen-bond donors (Lipinski definition) is 3. The third kappa shape index (κ3) is 3.94. The minimum absolute atomic E-state index is 0.118. The van der Waals surface area contributed by atoms with Crippen molar-refractivity contribution < 1.29 is 9.47 Å². The largest absolute Gasteiger partial charge is 0.493 e. The van der Waals surface area contributed by atoms with E-state index in [1.165, 1.54) is 0 Å². The number of nitrogens with one attached hydrogen (secondary N) is 3. The Morgan fingerprint density at radius 3 is 2.43 bits per heavy atom. The highest BCUT2D eigenvalue weighted by atomic mass is 16.5. The lowest BCUT2D eigenvalue weighted by atomic mass is 10.0. The molecule has 1 aromatic carbocycles. The number of imidazole rings is 1. The molecule has 5 aromatic rings. The third-order valence-corrected chi connectivity index (χ3v) is 5.85. The van der Waals surface area contributed by atoms with E-state index in [-0.39, 0.29) is 17.5 Å². The molecule has 0 radical (unpaired) electrons. The molecule has 0 unspecified atom stereocenters. The molecule has 4 heterocycles. The lowest BCUT2D eigenvalue weighted by Crippen LogP contribution is -2.22. The average molecular weight is 475 g/mol. The zero-order chi connectivity index (χ0) is 24.7. The predicted molar refractivity (Wildman–Crippen MR) is 133 cm³/mol. The first-order chi connectivity index (χ1) is 16.9. The van der Waals surface area contributed by atoms with E-state index in [2.05, 4.69) is 44.2 Å². The van der Waals surface area contributed by atoms with Gasteiger partial charge in [-0.1, -0.05) is 13.8 Å². The summed E-state index contributed by atoms with van der Waals surface area (Å²) in [6, 6.07) is 5.06. The molecule has 0 saturated carbocycles. The van der Waals surface area contributed by atoms with Gasteiger partial charge in [0.2, 0.25) is 0 Å². The molecule has 0 spiro atoms. The third-order valence-electron chi connectivity index (χ3n) is 5.85. The van der Waals surface area contributed by atoms with Gasteiger partial charge in [0.1, 0.15) is 16.9 Å². The maximum absolute atomic E-state index is 13.4. The fourth-order valence-electron chi connectivity index (χ4n) is 4.16. The molecule has 180 valence electrons. The first kappa shape index (κ1) is 22.4. The Bertz CT molecular complexity index is 1530. The minimum Gasteiger partial charge on any atom is -0.493 e. The van der Waals surface area contributed by atoms with Crippen LogP contribution in [0.2, 0.25) is 0 Å². The molecule has 35 heavy (non-hydrogen) atoms. The van der Waals surface area contributed by atoms with Crippen molar-refractivity contribution in [3.05, 3.63) is 53.0 Å². The first-order valence-electron chi connectivity index (χ1n) is 11.1. The summed E-state index contributed by atoms with van der Waals surface area (Å²) in [6.07, 6.45) is 5.17. The number of H-pyrrole nitrogens is 2. The highest BCUT2D eigenvalue weighted by Crippen LogP contribution is 2.36. The SMILES string of the molecule is COc1cc2nc(-c3c(N[C@H](c4ncccn4)C(C)C)c4nn(C)cc4[nH]c3=O)[nH]c2cc1OC. The fraction of sp³-hybridized carbons (Fsp3) is 0.292. The van der Waals surface area contributed by atoms with E-state index in [1.807, 2.05) is 7.05 Å². The molecular formula is C24H26N8O3. The molecule has 5 rings (SSSR count). The number of nitrogens with zero attached hydrogens (tertiary/aromatic N) is 5. The van der Waals surface area contributed by atoms with Gasteiger partial charge in [0, 0.05) is 37.8 Å². The van der Waals surface area contributed by atoms with Crippen LogP contribution in [-0.4, -0.2) is 48.9 Å². The fourth-order valence-corrected chi connectivity index (χ4v) is 4.16. The van der Waals surface area contributed by atoms with E-state index in [9.17, 15) is 4.79 Å². The van der Waals surface area contributed by atoms with Crippen LogP contribution in [0.1, 0.15) is 25.7 Å². The topological polar surface area (TPSA) is 136 Å². The Labute approximate surface area is 200 Å². The van der Waals surface area contributed by atoms with Gasteiger partial charge in [-0.25, -0.2) is 15.0 Å². The summed E-state index contributed by atoms with van der Waals surface area (Å²) in [5.41, 5.74) is 3.15. The highest BCUT2D eigenvalue weighted by molar-refractivity contribution is 5.96. The van der Waals surface area contributed by atoms with Crippen LogP contribution in [0.4, 0.5) is 5.69 Å². The number of pyridine rings is 1. The van der Waals surface area contributed by atoms with Crippen LogP contribution in [-0.2, 0) is 7.05 Å². The summed E-state index contributed by atoms with van der Waals surface area (Å²) in [5, 5.41) is 8.13. The second kappa shape index (κ2) is 8.75. The number of aromatic amines is 2. The van der Waals surface area contributed by atoms with Crippen LogP contribution >= 0.6 is 0 Å². The second-order valence-corrected chi connectivity index (χ2v) is 8.55. The Hall–Kier alpha value is -4.41. The summed E-state index contributed by atoms with van der Waals surface area (Å²) >= 11 is 0. The van der Waals surface area contributed by atoms with Crippen molar-refractivity contribution in [1.29, 1.82) is 0 Å². The van der Waals surface area contributed by atoms with Crippen LogP contribution in [0.25, 0.3) is 33.5 Å². The van der Waals surface area contributed by atoms with E-state index < -0.39 is 0 Å². The number of aromatic nitrogens is 7. The van der Waals surface area contributed by atoms with Crippen LogP contribution in [0, 0.1) is 5.92 Å². The van der Waals surface area contributed by atoms with E-state index in [0.29, 0.717) is 56.5 Å². The van der Waals surface area contributed by atoms with E-state index in [1.54, 1.807) is 55.7 Å². The molecule has 0 aliphatic rings. The van der Waals surface area contributed by atoms with Gasteiger partial charge in [-0.05, 0) is 12.0 Å². The van der Waals surface area contributed by atoms with Gasteiger partial charge in [0.05, 0.1) is 42.5 Å². The molecular weight excluding hydrogens is 448 g/mol. The van der Waals surface area contributed by atoms with Crippen LogP contribution < -0.4 is 20.3 Å². The average Bonchev–Trinajstić information content (AvgIpc) is 3.43. The Morgan fingerprint density at radius 1 is 1.03 bits per heavy atom. The molecule has 1 atom stereocenters. The van der Waals surface area contributed by atoms with Gasteiger partial charge in [-0.3, -0.25) is 9.48 Å². The Kier molecular flexibility index (Phi) is 5.59. The van der Waals surface area contributed by atoms with Gasteiger partial charge >= 0.3 is 0 Å². The number of aryl methyl sites for hydroxylation is 1. The monoisotopic (exact) mass is 474 g/mol. The lowest BCUT2D eigenvalue weighted by molar-refractivity contribution is 0.356. The first-order valence-corrected chi connectivity index (χ1v) is 11.1.